The summed E-state index contributed by atoms with van der Waals surface area (Å²) >= 11 is 0. The number of carbonyl (C=O) groups is 1. The lowest BCUT2D eigenvalue weighted by atomic mass is 10.0. The molecule has 1 aliphatic heterocycles. The minimum atomic E-state index is -0.256. The van der Waals surface area contributed by atoms with Crippen molar-refractivity contribution < 1.29 is 14.1 Å². The topological polar surface area (TPSA) is 64.4 Å². The molecule has 4 rings (SSSR count). The number of benzene rings is 2. The van der Waals surface area contributed by atoms with Gasteiger partial charge in [-0.2, -0.15) is 0 Å². The molecule has 1 atom stereocenters. The predicted molar refractivity (Wildman–Crippen MR) is 93.5 cm³/mol. The molecule has 0 fully saturated rings. The molecule has 0 saturated heterocycles. The first-order valence-corrected chi connectivity index (χ1v) is 8.34. The van der Waals surface area contributed by atoms with Gasteiger partial charge >= 0.3 is 0 Å². The predicted octanol–water partition coefficient (Wildman–Crippen LogP) is 3.47. The van der Waals surface area contributed by atoms with Crippen LogP contribution in [0.1, 0.15) is 22.5 Å². The normalized spacial score (nSPS) is 15.9. The van der Waals surface area contributed by atoms with Crippen LogP contribution in [-0.4, -0.2) is 23.7 Å². The molecule has 1 aromatic heterocycles. The molecule has 5 heteroatoms. The van der Waals surface area contributed by atoms with E-state index in [9.17, 15) is 4.79 Å². The lowest BCUT2D eigenvalue weighted by molar-refractivity contribution is 0.0909. The summed E-state index contributed by atoms with van der Waals surface area (Å²) in [5.41, 5.74) is 2.38. The molecule has 1 amide bonds. The number of aromatic nitrogens is 1. The van der Waals surface area contributed by atoms with Gasteiger partial charge in [-0.15, -0.1) is 0 Å². The number of aryl methyl sites for hydroxylation is 1. The van der Waals surface area contributed by atoms with Crippen LogP contribution in [0.4, 0.5) is 0 Å². The van der Waals surface area contributed by atoms with Gasteiger partial charge in [0.1, 0.15) is 11.9 Å². The van der Waals surface area contributed by atoms with Crippen molar-refractivity contribution in [1.29, 1.82) is 0 Å². The zero-order valence-electron chi connectivity index (χ0n) is 13.6. The minimum absolute atomic E-state index is 0.0284. The average molecular weight is 334 g/mol. The summed E-state index contributed by atoms with van der Waals surface area (Å²) in [5, 5.41) is 6.74. The Kier molecular flexibility index (Phi) is 4.21. The van der Waals surface area contributed by atoms with Gasteiger partial charge in [-0.05, 0) is 24.5 Å². The molecule has 0 bridgehead atoms. The van der Waals surface area contributed by atoms with Gasteiger partial charge in [0.15, 0.2) is 11.5 Å². The van der Waals surface area contributed by atoms with Gasteiger partial charge in [0.25, 0.3) is 5.91 Å². The lowest BCUT2D eigenvalue weighted by Crippen LogP contribution is -2.37. The van der Waals surface area contributed by atoms with Crippen LogP contribution in [0.3, 0.4) is 0 Å². The van der Waals surface area contributed by atoms with Gasteiger partial charge in [0.2, 0.25) is 0 Å². The largest absolute Gasteiger partial charge is 0.488 e. The Balaban J connectivity index is 1.36. The Bertz CT molecular complexity index is 873. The van der Waals surface area contributed by atoms with E-state index in [1.165, 1.54) is 5.56 Å². The third-order valence-corrected chi connectivity index (χ3v) is 4.29. The molecule has 5 nitrogen and oxygen atoms in total. The summed E-state index contributed by atoms with van der Waals surface area (Å²) in [4.78, 5) is 12.3. The number of carbonyl (C=O) groups excluding carboxylic acids is 1. The molecule has 0 radical (unpaired) electrons. The van der Waals surface area contributed by atoms with E-state index in [4.69, 9.17) is 9.26 Å². The number of rotatable bonds is 4. The number of hydrogen-bond donors (Lipinski definition) is 1. The molecule has 1 aliphatic rings. The quantitative estimate of drug-likeness (QED) is 0.793. The number of nitrogens with zero attached hydrogens (tertiary/aromatic N) is 1. The Morgan fingerprint density at radius 2 is 1.92 bits per heavy atom. The number of amides is 1. The van der Waals surface area contributed by atoms with Crippen LogP contribution >= 0.6 is 0 Å². The van der Waals surface area contributed by atoms with E-state index in [0.29, 0.717) is 12.3 Å². The standard InChI is InChI=1S/C20H18N2O3/c23-20(17-12-19(25-22-17)14-6-2-1-3-7-14)21-13-16-11-10-15-8-4-5-9-18(15)24-16/h1-9,12,16H,10-11,13H2,(H,21,23)/t16-/m1/s1. The fourth-order valence-corrected chi connectivity index (χ4v) is 2.94. The van der Waals surface area contributed by atoms with Crippen molar-refractivity contribution in [3.63, 3.8) is 0 Å². The summed E-state index contributed by atoms with van der Waals surface area (Å²) in [6.45, 7) is 0.445. The molecule has 2 aromatic carbocycles. The molecule has 25 heavy (non-hydrogen) atoms. The van der Waals surface area contributed by atoms with Crippen molar-refractivity contribution in [1.82, 2.24) is 10.5 Å². The number of para-hydroxylation sites is 1. The molecule has 0 spiro atoms. The fourth-order valence-electron chi connectivity index (χ4n) is 2.94. The SMILES string of the molecule is O=C(NC[C@H]1CCc2ccccc2O1)c1cc(-c2ccccc2)on1. The summed E-state index contributed by atoms with van der Waals surface area (Å²) in [5.74, 6) is 1.22. The first kappa shape index (κ1) is 15.4. The zero-order chi connectivity index (χ0) is 17.1. The van der Waals surface area contributed by atoms with Crippen LogP contribution in [0.5, 0.6) is 5.75 Å². The number of ether oxygens (including phenoxy) is 1. The monoisotopic (exact) mass is 334 g/mol. The van der Waals surface area contributed by atoms with Gasteiger partial charge in [-0.25, -0.2) is 0 Å². The molecule has 0 unspecified atom stereocenters. The maximum atomic E-state index is 12.3. The summed E-state index contributed by atoms with van der Waals surface area (Å²) in [6, 6.07) is 19.2. The van der Waals surface area contributed by atoms with E-state index in [1.54, 1.807) is 6.07 Å². The Hall–Kier alpha value is -3.08. The van der Waals surface area contributed by atoms with Gasteiger partial charge in [0, 0.05) is 11.6 Å². The second kappa shape index (κ2) is 6.81. The van der Waals surface area contributed by atoms with E-state index in [2.05, 4.69) is 16.5 Å². The Morgan fingerprint density at radius 1 is 1.12 bits per heavy atom. The number of nitrogens with one attached hydrogen (secondary N) is 1. The van der Waals surface area contributed by atoms with Crippen molar-refractivity contribution in [3.8, 4) is 17.1 Å². The maximum absolute atomic E-state index is 12.3. The van der Waals surface area contributed by atoms with Crippen molar-refractivity contribution in [3.05, 3.63) is 71.9 Å². The Morgan fingerprint density at radius 3 is 2.80 bits per heavy atom. The van der Waals surface area contributed by atoms with E-state index in [1.807, 2.05) is 48.5 Å². The van der Waals surface area contributed by atoms with Gasteiger partial charge in [-0.3, -0.25) is 4.79 Å². The molecule has 3 aromatic rings. The second-order valence-corrected chi connectivity index (χ2v) is 6.04. The van der Waals surface area contributed by atoms with Crippen LogP contribution < -0.4 is 10.1 Å². The van der Waals surface area contributed by atoms with E-state index in [0.717, 1.165) is 24.2 Å². The first-order chi connectivity index (χ1) is 12.3. The fraction of sp³-hybridized carbons (Fsp3) is 0.200. The van der Waals surface area contributed by atoms with Crippen LogP contribution in [0.2, 0.25) is 0 Å². The smallest absolute Gasteiger partial charge is 0.273 e. The third-order valence-electron chi connectivity index (χ3n) is 4.29. The number of hydrogen-bond acceptors (Lipinski definition) is 4. The highest BCUT2D eigenvalue weighted by Crippen LogP contribution is 2.26. The van der Waals surface area contributed by atoms with Gasteiger partial charge in [-0.1, -0.05) is 53.7 Å². The van der Waals surface area contributed by atoms with Crippen LogP contribution in [0, 0.1) is 0 Å². The molecule has 2 heterocycles. The molecule has 0 aliphatic carbocycles. The van der Waals surface area contributed by atoms with Gasteiger partial charge < -0.3 is 14.6 Å². The van der Waals surface area contributed by atoms with E-state index >= 15 is 0 Å². The molecular weight excluding hydrogens is 316 g/mol. The van der Waals surface area contributed by atoms with Gasteiger partial charge in [0.05, 0.1) is 6.54 Å². The number of fused-ring (bicyclic) bond motifs is 1. The minimum Gasteiger partial charge on any atom is -0.488 e. The second-order valence-electron chi connectivity index (χ2n) is 6.04. The Labute approximate surface area is 145 Å². The molecular formula is C20H18N2O3. The highest BCUT2D eigenvalue weighted by molar-refractivity contribution is 5.93. The van der Waals surface area contributed by atoms with Crippen LogP contribution in [0.15, 0.2) is 65.2 Å². The third kappa shape index (κ3) is 3.40. The first-order valence-electron chi connectivity index (χ1n) is 8.34. The summed E-state index contributed by atoms with van der Waals surface area (Å²) in [6.07, 6.45) is 1.81. The van der Waals surface area contributed by atoms with E-state index < -0.39 is 0 Å². The van der Waals surface area contributed by atoms with Crippen molar-refractivity contribution in [2.24, 2.45) is 0 Å². The van der Waals surface area contributed by atoms with Crippen molar-refractivity contribution in [2.45, 2.75) is 18.9 Å². The maximum Gasteiger partial charge on any atom is 0.273 e. The lowest BCUT2D eigenvalue weighted by Gasteiger charge is -2.26. The summed E-state index contributed by atoms with van der Waals surface area (Å²) in [7, 11) is 0. The highest BCUT2D eigenvalue weighted by Gasteiger charge is 2.21. The van der Waals surface area contributed by atoms with Crippen molar-refractivity contribution >= 4 is 5.91 Å². The van der Waals surface area contributed by atoms with Crippen molar-refractivity contribution in [2.75, 3.05) is 6.54 Å². The van der Waals surface area contributed by atoms with Crippen LogP contribution in [0.25, 0.3) is 11.3 Å². The average Bonchev–Trinajstić information content (AvgIpc) is 3.17. The highest BCUT2D eigenvalue weighted by atomic mass is 16.5. The summed E-state index contributed by atoms with van der Waals surface area (Å²) < 4.78 is 11.2. The zero-order valence-corrected chi connectivity index (χ0v) is 13.6. The van der Waals surface area contributed by atoms with E-state index in [-0.39, 0.29) is 17.7 Å². The molecule has 126 valence electrons. The molecule has 0 saturated carbocycles. The molecule has 1 N–H and O–H groups in total. The van der Waals surface area contributed by atoms with Crippen LogP contribution in [-0.2, 0) is 6.42 Å².